The van der Waals surface area contributed by atoms with Crippen LogP contribution in [0.1, 0.15) is 40.4 Å². The van der Waals surface area contributed by atoms with Crippen molar-refractivity contribution in [1.82, 2.24) is 5.32 Å². The highest BCUT2D eigenvalue weighted by Crippen LogP contribution is 2.17. The molecule has 4 heteroatoms. The van der Waals surface area contributed by atoms with Crippen LogP contribution in [0.4, 0.5) is 0 Å². The number of hydrogen-bond acceptors (Lipinski definition) is 4. The molecule has 124 valence electrons. The summed E-state index contributed by atoms with van der Waals surface area (Å²) in [6.07, 6.45) is 0.850. The SMILES string of the molecule is CCC(COC(=O)c1ccc(C)cc1)NC1=NCc2ccccc21. The summed E-state index contributed by atoms with van der Waals surface area (Å²) in [6, 6.07) is 15.7. The zero-order valence-corrected chi connectivity index (χ0v) is 14.1. The second-order valence-electron chi connectivity index (χ2n) is 6.04. The Bertz CT molecular complexity index is 750. The lowest BCUT2D eigenvalue weighted by Gasteiger charge is -2.18. The first-order valence-electron chi connectivity index (χ1n) is 8.30. The van der Waals surface area contributed by atoms with Crippen molar-refractivity contribution >= 4 is 11.8 Å². The van der Waals surface area contributed by atoms with Gasteiger partial charge in [0.05, 0.1) is 18.2 Å². The van der Waals surface area contributed by atoms with Crippen LogP contribution in [0.5, 0.6) is 0 Å². The normalized spacial score (nSPS) is 13.8. The zero-order valence-electron chi connectivity index (χ0n) is 14.1. The zero-order chi connectivity index (χ0) is 16.9. The van der Waals surface area contributed by atoms with E-state index < -0.39 is 0 Å². The van der Waals surface area contributed by atoms with Crippen LogP contribution in [-0.4, -0.2) is 24.5 Å². The van der Waals surface area contributed by atoms with Crippen LogP contribution in [0.25, 0.3) is 0 Å². The van der Waals surface area contributed by atoms with Crippen molar-refractivity contribution in [1.29, 1.82) is 0 Å². The van der Waals surface area contributed by atoms with Crippen molar-refractivity contribution in [3.8, 4) is 0 Å². The van der Waals surface area contributed by atoms with Crippen LogP contribution in [0, 0.1) is 6.92 Å². The summed E-state index contributed by atoms with van der Waals surface area (Å²) in [5, 5.41) is 3.41. The van der Waals surface area contributed by atoms with Gasteiger partial charge in [-0.3, -0.25) is 4.99 Å². The lowest BCUT2D eigenvalue weighted by molar-refractivity contribution is 0.0471. The van der Waals surface area contributed by atoms with Gasteiger partial charge in [-0.15, -0.1) is 0 Å². The van der Waals surface area contributed by atoms with E-state index in [9.17, 15) is 4.79 Å². The molecule has 4 nitrogen and oxygen atoms in total. The summed E-state index contributed by atoms with van der Waals surface area (Å²) >= 11 is 0. The predicted octanol–water partition coefficient (Wildman–Crippen LogP) is 3.48. The van der Waals surface area contributed by atoms with E-state index in [0.29, 0.717) is 18.7 Å². The van der Waals surface area contributed by atoms with Gasteiger partial charge in [0, 0.05) is 5.56 Å². The number of nitrogens with one attached hydrogen (secondary N) is 1. The Labute approximate surface area is 142 Å². The molecule has 0 saturated heterocycles. The summed E-state index contributed by atoms with van der Waals surface area (Å²) in [5.74, 6) is 0.604. The van der Waals surface area contributed by atoms with Crippen LogP contribution >= 0.6 is 0 Å². The number of nitrogens with zero attached hydrogens (tertiary/aromatic N) is 1. The molecule has 0 aliphatic carbocycles. The summed E-state index contributed by atoms with van der Waals surface area (Å²) < 4.78 is 5.46. The number of aryl methyl sites for hydroxylation is 1. The maximum absolute atomic E-state index is 12.1. The maximum atomic E-state index is 12.1. The number of ether oxygens (including phenoxy) is 1. The molecule has 0 aromatic heterocycles. The molecule has 0 amide bonds. The molecule has 24 heavy (non-hydrogen) atoms. The van der Waals surface area contributed by atoms with Crippen LogP contribution < -0.4 is 5.32 Å². The highest BCUT2D eigenvalue weighted by Gasteiger charge is 2.19. The Morgan fingerprint density at radius 3 is 2.71 bits per heavy atom. The maximum Gasteiger partial charge on any atom is 0.338 e. The fourth-order valence-corrected chi connectivity index (χ4v) is 2.67. The van der Waals surface area contributed by atoms with E-state index in [1.165, 1.54) is 5.56 Å². The molecule has 1 aliphatic heterocycles. The first-order chi connectivity index (χ1) is 11.7. The largest absolute Gasteiger partial charge is 0.460 e. The highest BCUT2D eigenvalue weighted by atomic mass is 16.5. The minimum atomic E-state index is -0.288. The molecule has 1 N–H and O–H groups in total. The molecule has 0 radical (unpaired) electrons. The standard InChI is InChI=1S/C20H22N2O2/c1-3-17(13-24-20(23)15-10-8-14(2)9-11-15)22-19-18-7-5-4-6-16(18)12-21-19/h4-11,17H,3,12-13H2,1-2H3,(H,21,22). The fourth-order valence-electron chi connectivity index (χ4n) is 2.67. The summed E-state index contributed by atoms with van der Waals surface area (Å²) in [6.45, 7) is 5.09. The highest BCUT2D eigenvalue weighted by molar-refractivity contribution is 6.02. The first-order valence-corrected chi connectivity index (χ1v) is 8.30. The number of aliphatic imine (C=N–C) groups is 1. The molecular weight excluding hydrogens is 300 g/mol. The molecule has 1 unspecified atom stereocenters. The van der Waals surface area contributed by atoms with Gasteiger partial charge in [0.25, 0.3) is 0 Å². The Balaban J connectivity index is 1.58. The van der Waals surface area contributed by atoms with Crippen molar-refractivity contribution in [3.63, 3.8) is 0 Å². The van der Waals surface area contributed by atoms with Gasteiger partial charge in [0.15, 0.2) is 0 Å². The number of hydrogen-bond donors (Lipinski definition) is 1. The summed E-state index contributed by atoms with van der Waals surface area (Å²) in [7, 11) is 0. The van der Waals surface area contributed by atoms with E-state index in [1.807, 2.05) is 31.2 Å². The average molecular weight is 322 g/mol. The Kier molecular flexibility index (Phi) is 4.94. The monoisotopic (exact) mass is 322 g/mol. The van der Waals surface area contributed by atoms with Gasteiger partial charge in [-0.2, -0.15) is 0 Å². The number of benzene rings is 2. The third-order valence-electron chi connectivity index (χ3n) is 4.22. The van der Waals surface area contributed by atoms with E-state index in [1.54, 1.807) is 12.1 Å². The van der Waals surface area contributed by atoms with E-state index >= 15 is 0 Å². The third-order valence-corrected chi connectivity index (χ3v) is 4.22. The van der Waals surface area contributed by atoms with E-state index in [4.69, 9.17) is 4.74 Å². The van der Waals surface area contributed by atoms with Gasteiger partial charge < -0.3 is 10.1 Å². The smallest absolute Gasteiger partial charge is 0.338 e. The van der Waals surface area contributed by atoms with Crippen molar-refractivity contribution in [2.45, 2.75) is 32.9 Å². The van der Waals surface area contributed by atoms with Crippen LogP contribution in [0.15, 0.2) is 53.5 Å². The summed E-state index contributed by atoms with van der Waals surface area (Å²) in [4.78, 5) is 16.7. The van der Waals surface area contributed by atoms with Crippen molar-refractivity contribution < 1.29 is 9.53 Å². The number of carbonyl (C=O) groups excluding carboxylic acids is 1. The van der Waals surface area contributed by atoms with Gasteiger partial charge in [-0.05, 0) is 31.0 Å². The number of amidine groups is 1. The minimum absolute atomic E-state index is 0.0457. The molecular formula is C20H22N2O2. The molecule has 2 aromatic rings. The molecule has 3 rings (SSSR count). The average Bonchev–Trinajstić information content (AvgIpc) is 3.02. The van der Waals surface area contributed by atoms with E-state index in [-0.39, 0.29) is 12.0 Å². The molecule has 0 saturated carbocycles. The minimum Gasteiger partial charge on any atom is -0.460 e. The van der Waals surface area contributed by atoms with Gasteiger partial charge in [-0.25, -0.2) is 4.79 Å². The predicted molar refractivity (Wildman–Crippen MR) is 95.4 cm³/mol. The lowest BCUT2D eigenvalue weighted by atomic mass is 10.1. The first kappa shape index (κ1) is 16.2. The molecule has 0 fully saturated rings. The van der Waals surface area contributed by atoms with Gasteiger partial charge >= 0.3 is 5.97 Å². The van der Waals surface area contributed by atoms with Crippen LogP contribution in [-0.2, 0) is 11.3 Å². The quantitative estimate of drug-likeness (QED) is 0.858. The number of rotatable bonds is 5. The second-order valence-corrected chi connectivity index (χ2v) is 6.04. The van der Waals surface area contributed by atoms with Gasteiger partial charge in [0.1, 0.15) is 12.4 Å². The van der Waals surface area contributed by atoms with Crippen LogP contribution in [0.3, 0.4) is 0 Å². The molecule has 0 spiro atoms. The second kappa shape index (κ2) is 7.30. The molecule has 1 atom stereocenters. The van der Waals surface area contributed by atoms with Gasteiger partial charge in [0.2, 0.25) is 0 Å². The van der Waals surface area contributed by atoms with Crippen molar-refractivity contribution in [3.05, 3.63) is 70.8 Å². The van der Waals surface area contributed by atoms with Crippen molar-refractivity contribution in [2.75, 3.05) is 6.61 Å². The number of carbonyl (C=O) groups is 1. The molecule has 2 aromatic carbocycles. The lowest BCUT2D eigenvalue weighted by Crippen LogP contribution is -2.38. The topological polar surface area (TPSA) is 50.7 Å². The van der Waals surface area contributed by atoms with E-state index in [2.05, 4.69) is 29.4 Å². The molecule has 0 bridgehead atoms. The summed E-state index contributed by atoms with van der Waals surface area (Å²) in [5.41, 5.74) is 4.07. The van der Waals surface area contributed by atoms with E-state index in [0.717, 1.165) is 23.4 Å². The Hall–Kier alpha value is -2.62. The number of fused-ring (bicyclic) bond motifs is 1. The third kappa shape index (κ3) is 3.65. The number of esters is 1. The molecule has 1 heterocycles. The van der Waals surface area contributed by atoms with Crippen LogP contribution in [0.2, 0.25) is 0 Å². The van der Waals surface area contributed by atoms with Crippen molar-refractivity contribution in [2.24, 2.45) is 4.99 Å². The Morgan fingerprint density at radius 2 is 1.96 bits per heavy atom. The Morgan fingerprint density at radius 1 is 1.21 bits per heavy atom. The fraction of sp³-hybridized carbons (Fsp3) is 0.300. The molecule has 1 aliphatic rings. The van der Waals surface area contributed by atoms with Gasteiger partial charge in [-0.1, -0.05) is 48.9 Å².